The van der Waals surface area contributed by atoms with Gasteiger partial charge in [0, 0.05) is 9.26 Å². The van der Waals surface area contributed by atoms with E-state index in [4.69, 9.17) is 0 Å². The fourth-order valence-corrected chi connectivity index (χ4v) is 2.60. The van der Waals surface area contributed by atoms with Gasteiger partial charge < -0.3 is 5.32 Å². The lowest BCUT2D eigenvalue weighted by Crippen LogP contribution is -2.20. The molecular weight excluding hydrogens is 349 g/mol. The van der Waals surface area contributed by atoms with Crippen molar-refractivity contribution in [2.75, 3.05) is 5.32 Å². The second-order valence-electron chi connectivity index (χ2n) is 4.37. The molecule has 0 heterocycles. The smallest absolute Gasteiger partial charge is 0.231 e. The van der Waals surface area contributed by atoms with Gasteiger partial charge in [-0.05, 0) is 52.8 Å². The molecule has 1 N–H and O–H groups in total. The standard InChI is InChI=1S/C16H16INO/c1-2-15(12-7-4-3-5-8-12)16(19)18-14-10-6-9-13(17)11-14/h3-11,15H,2H2,1H3,(H,18,19)/t15-/m0/s1. The van der Waals surface area contributed by atoms with E-state index in [0.717, 1.165) is 21.2 Å². The molecule has 0 aliphatic heterocycles. The monoisotopic (exact) mass is 365 g/mol. The molecule has 0 unspecified atom stereocenters. The Bertz CT molecular complexity index is 554. The third kappa shape index (κ3) is 3.80. The molecule has 2 rings (SSSR count). The van der Waals surface area contributed by atoms with E-state index in [1.54, 1.807) is 0 Å². The van der Waals surface area contributed by atoms with Crippen LogP contribution in [-0.4, -0.2) is 5.91 Å². The minimum absolute atomic E-state index is 0.0516. The van der Waals surface area contributed by atoms with Crippen LogP contribution >= 0.6 is 22.6 Å². The summed E-state index contributed by atoms with van der Waals surface area (Å²) in [5.74, 6) is -0.0465. The van der Waals surface area contributed by atoms with E-state index in [1.165, 1.54) is 0 Å². The molecule has 2 nitrogen and oxygen atoms in total. The number of halogens is 1. The fraction of sp³-hybridized carbons (Fsp3) is 0.188. The molecule has 0 saturated heterocycles. The molecule has 0 spiro atoms. The topological polar surface area (TPSA) is 29.1 Å². The van der Waals surface area contributed by atoms with E-state index >= 15 is 0 Å². The van der Waals surface area contributed by atoms with Crippen LogP contribution < -0.4 is 5.32 Å². The van der Waals surface area contributed by atoms with E-state index in [1.807, 2.05) is 61.5 Å². The van der Waals surface area contributed by atoms with Crippen LogP contribution in [0.25, 0.3) is 0 Å². The number of carbonyl (C=O) groups is 1. The average molecular weight is 365 g/mol. The number of amides is 1. The van der Waals surface area contributed by atoms with Gasteiger partial charge in [-0.2, -0.15) is 0 Å². The maximum atomic E-state index is 12.3. The van der Waals surface area contributed by atoms with Crippen LogP contribution in [0, 0.1) is 3.57 Å². The van der Waals surface area contributed by atoms with Crippen molar-refractivity contribution in [1.82, 2.24) is 0 Å². The van der Waals surface area contributed by atoms with E-state index < -0.39 is 0 Å². The van der Waals surface area contributed by atoms with E-state index in [9.17, 15) is 4.79 Å². The first kappa shape index (κ1) is 14.1. The Kier molecular flexibility index (Phi) is 4.96. The molecule has 0 aliphatic carbocycles. The Balaban J connectivity index is 2.14. The number of anilines is 1. The number of carbonyl (C=O) groups excluding carboxylic acids is 1. The third-order valence-corrected chi connectivity index (χ3v) is 3.69. The molecule has 0 saturated carbocycles. The van der Waals surface area contributed by atoms with Crippen LogP contribution in [0.4, 0.5) is 5.69 Å². The van der Waals surface area contributed by atoms with Crippen molar-refractivity contribution in [2.24, 2.45) is 0 Å². The van der Waals surface area contributed by atoms with Gasteiger partial charge in [0.25, 0.3) is 0 Å². The van der Waals surface area contributed by atoms with Crippen LogP contribution in [0.15, 0.2) is 54.6 Å². The lowest BCUT2D eigenvalue weighted by Gasteiger charge is -2.15. The van der Waals surface area contributed by atoms with Crippen molar-refractivity contribution in [1.29, 1.82) is 0 Å². The summed E-state index contributed by atoms with van der Waals surface area (Å²) < 4.78 is 1.11. The summed E-state index contributed by atoms with van der Waals surface area (Å²) in [5, 5.41) is 2.99. The lowest BCUT2D eigenvalue weighted by molar-refractivity contribution is -0.117. The van der Waals surface area contributed by atoms with Crippen molar-refractivity contribution >= 4 is 34.2 Å². The Morgan fingerprint density at radius 3 is 2.53 bits per heavy atom. The molecule has 0 radical (unpaired) electrons. The first-order chi connectivity index (χ1) is 9.20. The molecule has 1 amide bonds. The lowest BCUT2D eigenvalue weighted by atomic mass is 9.95. The zero-order valence-electron chi connectivity index (χ0n) is 10.8. The van der Waals surface area contributed by atoms with Gasteiger partial charge in [0.1, 0.15) is 0 Å². The highest BCUT2D eigenvalue weighted by atomic mass is 127. The molecule has 2 aromatic carbocycles. The van der Waals surface area contributed by atoms with E-state index in [2.05, 4.69) is 27.9 Å². The number of hydrogen-bond donors (Lipinski definition) is 1. The van der Waals surface area contributed by atoms with Crippen LogP contribution in [0.1, 0.15) is 24.8 Å². The average Bonchev–Trinajstić information content (AvgIpc) is 2.41. The minimum atomic E-state index is -0.0981. The zero-order chi connectivity index (χ0) is 13.7. The van der Waals surface area contributed by atoms with Crippen LogP contribution in [-0.2, 0) is 4.79 Å². The van der Waals surface area contributed by atoms with Gasteiger partial charge in [-0.25, -0.2) is 0 Å². The second-order valence-corrected chi connectivity index (χ2v) is 5.62. The molecule has 1 atom stereocenters. The minimum Gasteiger partial charge on any atom is -0.326 e. The highest BCUT2D eigenvalue weighted by Crippen LogP contribution is 2.22. The van der Waals surface area contributed by atoms with Crippen molar-refractivity contribution in [3.05, 3.63) is 63.7 Å². The SMILES string of the molecule is CC[C@H](C(=O)Nc1cccc(I)c1)c1ccccc1. The van der Waals surface area contributed by atoms with Gasteiger partial charge >= 0.3 is 0 Å². The number of benzene rings is 2. The molecular formula is C16H16INO. The van der Waals surface area contributed by atoms with Gasteiger partial charge in [0.05, 0.1) is 5.92 Å². The normalized spacial score (nSPS) is 11.9. The molecule has 0 bridgehead atoms. The Morgan fingerprint density at radius 2 is 1.89 bits per heavy atom. The van der Waals surface area contributed by atoms with Crippen LogP contribution in [0.2, 0.25) is 0 Å². The zero-order valence-corrected chi connectivity index (χ0v) is 12.9. The van der Waals surface area contributed by atoms with Gasteiger partial charge in [-0.1, -0.05) is 43.3 Å². The first-order valence-corrected chi connectivity index (χ1v) is 7.40. The first-order valence-electron chi connectivity index (χ1n) is 6.32. The second kappa shape index (κ2) is 6.70. The predicted octanol–water partition coefficient (Wildman–Crippen LogP) is 4.42. The molecule has 3 heteroatoms. The van der Waals surface area contributed by atoms with Gasteiger partial charge in [-0.15, -0.1) is 0 Å². The maximum Gasteiger partial charge on any atom is 0.231 e. The van der Waals surface area contributed by atoms with Gasteiger partial charge in [-0.3, -0.25) is 4.79 Å². The van der Waals surface area contributed by atoms with Crippen LogP contribution in [0.5, 0.6) is 0 Å². The number of rotatable bonds is 4. The summed E-state index contributed by atoms with van der Waals surface area (Å²) in [6.45, 7) is 2.03. The summed E-state index contributed by atoms with van der Waals surface area (Å²) in [4.78, 5) is 12.3. The highest BCUT2D eigenvalue weighted by molar-refractivity contribution is 14.1. The van der Waals surface area contributed by atoms with Crippen molar-refractivity contribution in [3.8, 4) is 0 Å². The van der Waals surface area contributed by atoms with Crippen molar-refractivity contribution in [2.45, 2.75) is 19.3 Å². The summed E-state index contributed by atoms with van der Waals surface area (Å²) in [6.07, 6.45) is 0.791. The van der Waals surface area contributed by atoms with Gasteiger partial charge in [0.15, 0.2) is 0 Å². The quantitative estimate of drug-likeness (QED) is 0.799. The molecule has 2 aromatic rings. The summed E-state index contributed by atoms with van der Waals surface area (Å²) >= 11 is 2.24. The molecule has 0 aliphatic rings. The fourth-order valence-electron chi connectivity index (χ4n) is 2.05. The van der Waals surface area contributed by atoms with Crippen molar-refractivity contribution < 1.29 is 4.79 Å². The molecule has 0 fully saturated rings. The number of hydrogen-bond acceptors (Lipinski definition) is 1. The van der Waals surface area contributed by atoms with E-state index in [-0.39, 0.29) is 11.8 Å². The summed E-state index contributed by atoms with van der Waals surface area (Å²) in [5.41, 5.74) is 1.92. The van der Waals surface area contributed by atoms with Crippen molar-refractivity contribution in [3.63, 3.8) is 0 Å². The largest absolute Gasteiger partial charge is 0.326 e. The summed E-state index contributed by atoms with van der Waals surface area (Å²) in [7, 11) is 0. The predicted molar refractivity (Wildman–Crippen MR) is 87.3 cm³/mol. The number of nitrogens with one attached hydrogen (secondary N) is 1. The highest BCUT2D eigenvalue weighted by Gasteiger charge is 2.18. The maximum absolute atomic E-state index is 12.3. The van der Waals surface area contributed by atoms with Crippen LogP contribution in [0.3, 0.4) is 0 Å². The Morgan fingerprint density at radius 1 is 1.16 bits per heavy atom. The molecule has 19 heavy (non-hydrogen) atoms. The molecule has 0 aromatic heterocycles. The molecule has 98 valence electrons. The third-order valence-electron chi connectivity index (χ3n) is 3.02. The van der Waals surface area contributed by atoms with E-state index in [0.29, 0.717) is 0 Å². The Labute approximate surface area is 127 Å². The summed E-state index contributed by atoms with van der Waals surface area (Å²) in [6, 6.07) is 17.7. The van der Waals surface area contributed by atoms with Gasteiger partial charge in [0.2, 0.25) is 5.91 Å². The Hall–Kier alpha value is -1.36.